The molecule has 2 aromatic heterocycles. The predicted molar refractivity (Wildman–Crippen MR) is 125 cm³/mol. The Morgan fingerprint density at radius 1 is 0.688 bits per heavy atom. The summed E-state index contributed by atoms with van der Waals surface area (Å²) in [4.78, 5) is 0. The molecule has 166 valence electrons. The Bertz CT molecular complexity index is 1180. The second kappa shape index (κ2) is 7.79. The van der Waals surface area contributed by atoms with Gasteiger partial charge in [-0.05, 0) is 74.9 Å². The van der Waals surface area contributed by atoms with Crippen LogP contribution in [0.25, 0.3) is 33.2 Å². The Labute approximate surface area is 186 Å². The third kappa shape index (κ3) is 3.22. The van der Waals surface area contributed by atoms with Gasteiger partial charge in [-0.25, -0.2) is 9.36 Å². The van der Waals surface area contributed by atoms with Crippen molar-refractivity contribution in [2.75, 3.05) is 24.7 Å². The van der Waals surface area contributed by atoms with Crippen LogP contribution in [0.2, 0.25) is 0 Å². The van der Waals surface area contributed by atoms with Gasteiger partial charge >= 0.3 is 0 Å². The topological polar surface area (TPSA) is 106 Å². The number of fused-ring (bicyclic) bond motifs is 2. The molecule has 2 aliphatic heterocycles. The summed E-state index contributed by atoms with van der Waals surface area (Å²) < 4.78 is 16.1. The number of hydrogen-bond donors (Lipinski definition) is 2. The number of hydrogen-bond acceptors (Lipinski definition) is 6. The van der Waals surface area contributed by atoms with Crippen LogP contribution in [0.3, 0.4) is 0 Å². The van der Waals surface area contributed by atoms with Crippen molar-refractivity contribution in [2.24, 2.45) is 0 Å². The molecule has 2 saturated heterocycles. The number of aromatic nitrogens is 4. The number of nitrogen functional groups attached to an aromatic ring is 2. The normalized spacial score (nSPS) is 22.0. The summed E-state index contributed by atoms with van der Waals surface area (Å²) >= 11 is 0. The number of anilines is 2. The van der Waals surface area contributed by atoms with E-state index in [0.717, 1.165) is 84.9 Å². The lowest BCUT2D eigenvalue weighted by molar-refractivity contribution is -0.0370. The number of nitrogens with two attached hydrogens (primary N) is 2. The van der Waals surface area contributed by atoms with Crippen LogP contribution in [0, 0.1) is 0 Å². The third-order valence-electron chi connectivity index (χ3n) is 6.54. The van der Waals surface area contributed by atoms with Gasteiger partial charge < -0.3 is 20.9 Å². The highest BCUT2D eigenvalue weighted by atomic mass is 16.5. The summed E-state index contributed by atoms with van der Waals surface area (Å²) in [5.41, 5.74) is 17.3. The van der Waals surface area contributed by atoms with Crippen LogP contribution < -0.4 is 11.5 Å². The Morgan fingerprint density at radius 3 is 1.56 bits per heavy atom. The molecule has 2 aliphatic rings. The van der Waals surface area contributed by atoms with Crippen LogP contribution in [0.4, 0.5) is 11.4 Å². The van der Waals surface area contributed by atoms with E-state index < -0.39 is 0 Å². The fourth-order valence-electron chi connectivity index (χ4n) is 4.93. The average molecular weight is 433 g/mol. The summed E-state index contributed by atoms with van der Waals surface area (Å²) in [6.07, 6.45) is 6.11. The molecule has 2 atom stereocenters. The van der Waals surface area contributed by atoms with Crippen LogP contribution in [0.5, 0.6) is 0 Å². The van der Waals surface area contributed by atoms with E-state index >= 15 is 0 Å². The van der Waals surface area contributed by atoms with Crippen molar-refractivity contribution >= 4 is 33.2 Å². The number of rotatable bonds is 3. The highest BCUT2D eigenvalue weighted by Gasteiger charge is 2.26. The monoisotopic (exact) mass is 432 g/mol. The molecule has 0 amide bonds. The maximum Gasteiger partial charge on any atom is 0.150 e. The number of ether oxygens (including phenoxy) is 2. The van der Waals surface area contributed by atoms with Crippen molar-refractivity contribution in [2.45, 2.75) is 51.0 Å². The van der Waals surface area contributed by atoms with Crippen molar-refractivity contribution in [1.82, 2.24) is 19.6 Å². The SMILES string of the molecule is Nc1ccc2c(-c3nn(C4CCCCO4)c4cc(N)ccc34)nn(C3CCCCO3)c2c1. The third-order valence-corrected chi connectivity index (χ3v) is 6.54. The smallest absolute Gasteiger partial charge is 0.150 e. The first-order valence-corrected chi connectivity index (χ1v) is 11.5. The van der Waals surface area contributed by atoms with E-state index in [-0.39, 0.29) is 12.5 Å². The van der Waals surface area contributed by atoms with Crippen molar-refractivity contribution in [3.05, 3.63) is 36.4 Å². The minimum Gasteiger partial charge on any atom is -0.399 e. The second-order valence-corrected chi connectivity index (χ2v) is 8.78. The average Bonchev–Trinajstić information content (AvgIpc) is 3.38. The molecule has 0 spiro atoms. The summed E-state index contributed by atoms with van der Waals surface area (Å²) in [5.74, 6) is 0. The molecule has 0 bridgehead atoms. The van der Waals surface area contributed by atoms with E-state index in [0.29, 0.717) is 11.4 Å². The van der Waals surface area contributed by atoms with Crippen LogP contribution >= 0.6 is 0 Å². The van der Waals surface area contributed by atoms with Gasteiger partial charge in [-0.15, -0.1) is 0 Å². The zero-order valence-electron chi connectivity index (χ0n) is 18.0. The second-order valence-electron chi connectivity index (χ2n) is 8.78. The fraction of sp³-hybridized carbons (Fsp3) is 0.417. The Morgan fingerprint density at radius 2 is 1.16 bits per heavy atom. The maximum atomic E-state index is 6.15. The van der Waals surface area contributed by atoms with Gasteiger partial charge in [0.15, 0.2) is 12.5 Å². The first kappa shape index (κ1) is 19.6. The van der Waals surface area contributed by atoms with E-state index in [9.17, 15) is 0 Å². The van der Waals surface area contributed by atoms with E-state index in [1.54, 1.807) is 0 Å². The van der Waals surface area contributed by atoms with Gasteiger partial charge in [0.1, 0.15) is 11.4 Å². The first-order valence-electron chi connectivity index (χ1n) is 11.5. The van der Waals surface area contributed by atoms with Crippen molar-refractivity contribution < 1.29 is 9.47 Å². The molecular weight excluding hydrogens is 404 g/mol. The van der Waals surface area contributed by atoms with Gasteiger partial charge in [0.2, 0.25) is 0 Å². The molecule has 0 radical (unpaired) electrons. The van der Waals surface area contributed by atoms with E-state index in [1.165, 1.54) is 0 Å². The van der Waals surface area contributed by atoms with Crippen molar-refractivity contribution in [3.63, 3.8) is 0 Å². The molecule has 8 heteroatoms. The fourth-order valence-corrected chi connectivity index (χ4v) is 4.93. The maximum absolute atomic E-state index is 6.15. The van der Waals surface area contributed by atoms with Crippen LogP contribution in [-0.2, 0) is 9.47 Å². The lowest BCUT2D eigenvalue weighted by Crippen LogP contribution is -2.19. The Hall–Kier alpha value is -3.10. The quantitative estimate of drug-likeness (QED) is 0.458. The van der Waals surface area contributed by atoms with Gasteiger partial charge in [0.05, 0.1) is 11.0 Å². The predicted octanol–water partition coefficient (Wildman–Crippen LogP) is 4.62. The minimum atomic E-state index is -0.0903. The van der Waals surface area contributed by atoms with Gasteiger partial charge in [0, 0.05) is 35.4 Å². The first-order chi connectivity index (χ1) is 15.7. The molecule has 0 aliphatic carbocycles. The molecular formula is C24H28N6O2. The van der Waals surface area contributed by atoms with Gasteiger partial charge in [-0.3, -0.25) is 0 Å². The minimum absolute atomic E-state index is 0.0903. The molecule has 2 unspecified atom stereocenters. The van der Waals surface area contributed by atoms with E-state index in [1.807, 2.05) is 45.8 Å². The largest absolute Gasteiger partial charge is 0.399 e. The molecule has 4 aromatic rings. The lowest BCUT2D eigenvalue weighted by Gasteiger charge is -2.23. The summed E-state index contributed by atoms with van der Waals surface area (Å²) in [7, 11) is 0. The van der Waals surface area contributed by atoms with Crippen LogP contribution in [0.1, 0.15) is 51.0 Å². The summed E-state index contributed by atoms with van der Waals surface area (Å²) in [5, 5.41) is 12.1. The highest BCUT2D eigenvalue weighted by molar-refractivity contribution is 6.02. The molecule has 0 saturated carbocycles. The Balaban J connectivity index is 1.56. The summed E-state index contributed by atoms with van der Waals surface area (Å²) in [6, 6.07) is 11.9. The molecule has 6 rings (SSSR count). The van der Waals surface area contributed by atoms with E-state index in [4.69, 9.17) is 31.1 Å². The molecule has 4 N–H and O–H groups in total. The molecule has 4 heterocycles. The van der Waals surface area contributed by atoms with Gasteiger partial charge in [-0.2, -0.15) is 10.2 Å². The number of benzene rings is 2. The number of nitrogens with zero attached hydrogens (tertiary/aromatic N) is 4. The molecule has 2 fully saturated rings. The lowest BCUT2D eigenvalue weighted by atomic mass is 10.1. The van der Waals surface area contributed by atoms with Gasteiger partial charge in [-0.1, -0.05) is 0 Å². The molecule has 32 heavy (non-hydrogen) atoms. The standard InChI is InChI=1S/C24H28N6O2/c25-15-7-9-17-19(13-15)29(21-5-1-3-11-31-21)27-23(17)24-18-10-8-16(26)14-20(18)30(28-24)22-6-2-4-12-32-22/h7-10,13-14,21-22H,1-6,11-12,25-26H2. The van der Waals surface area contributed by atoms with Crippen molar-refractivity contribution in [3.8, 4) is 11.4 Å². The van der Waals surface area contributed by atoms with Crippen LogP contribution in [-0.4, -0.2) is 32.8 Å². The molecule has 2 aromatic carbocycles. The highest BCUT2D eigenvalue weighted by Crippen LogP contribution is 2.38. The zero-order chi connectivity index (χ0) is 21.7. The van der Waals surface area contributed by atoms with Crippen molar-refractivity contribution in [1.29, 1.82) is 0 Å². The van der Waals surface area contributed by atoms with E-state index in [2.05, 4.69) is 0 Å². The van der Waals surface area contributed by atoms with Gasteiger partial charge in [0.25, 0.3) is 0 Å². The Kier molecular flexibility index (Phi) is 4.77. The molecule has 8 nitrogen and oxygen atoms in total. The van der Waals surface area contributed by atoms with Crippen LogP contribution in [0.15, 0.2) is 36.4 Å². The zero-order valence-corrected chi connectivity index (χ0v) is 18.0. The summed E-state index contributed by atoms with van der Waals surface area (Å²) in [6.45, 7) is 1.50.